The van der Waals surface area contributed by atoms with Gasteiger partial charge in [0.2, 0.25) is 0 Å². The first-order valence-corrected chi connectivity index (χ1v) is 10.6. The lowest BCUT2D eigenvalue weighted by Crippen LogP contribution is -2.46. The molecule has 0 spiro atoms. The van der Waals surface area contributed by atoms with Gasteiger partial charge in [-0.1, -0.05) is 64.2 Å². The molecular formula is C21H37NO. The molecule has 0 aromatic rings. The van der Waals surface area contributed by atoms with Crippen LogP contribution in [0.1, 0.15) is 103 Å². The second-order valence-corrected chi connectivity index (χ2v) is 8.52. The summed E-state index contributed by atoms with van der Waals surface area (Å²) in [6.07, 6.45) is 20.7. The van der Waals surface area contributed by atoms with Crippen molar-refractivity contribution in [1.29, 1.82) is 0 Å². The lowest BCUT2D eigenvalue weighted by atomic mass is 9.76. The van der Waals surface area contributed by atoms with Crippen molar-refractivity contribution in [3.05, 3.63) is 0 Å². The minimum atomic E-state index is 0.361. The number of hydrogen-bond donors (Lipinski definition) is 1. The van der Waals surface area contributed by atoms with Crippen LogP contribution in [-0.2, 0) is 4.79 Å². The minimum absolute atomic E-state index is 0.361. The van der Waals surface area contributed by atoms with Gasteiger partial charge < -0.3 is 5.32 Å². The van der Waals surface area contributed by atoms with Crippen LogP contribution in [0.5, 0.6) is 0 Å². The van der Waals surface area contributed by atoms with Gasteiger partial charge in [0.05, 0.1) is 0 Å². The van der Waals surface area contributed by atoms with E-state index >= 15 is 0 Å². The van der Waals surface area contributed by atoms with E-state index < -0.39 is 0 Å². The average Bonchev–Trinajstić information content (AvgIpc) is 2.56. The van der Waals surface area contributed by atoms with Gasteiger partial charge in [0.25, 0.3) is 0 Å². The molecule has 2 heteroatoms. The Labute approximate surface area is 143 Å². The monoisotopic (exact) mass is 319 g/mol. The molecule has 0 aromatic heterocycles. The summed E-state index contributed by atoms with van der Waals surface area (Å²) in [6.45, 7) is 0. The maximum Gasteiger partial charge on any atom is 0.139 e. The van der Waals surface area contributed by atoms with Crippen molar-refractivity contribution >= 4 is 5.78 Å². The van der Waals surface area contributed by atoms with Crippen molar-refractivity contribution in [2.24, 2.45) is 11.8 Å². The van der Waals surface area contributed by atoms with Crippen LogP contribution < -0.4 is 5.32 Å². The van der Waals surface area contributed by atoms with Crippen molar-refractivity contribution in [3.63, 3.8) is 0 Å². The van der Waals surface area contributed by atoms with E-state index in [1.165, 1.54) is 77.0 Å². The Bertz CT molecular complexity index is 335. The Morgan fingerprint density at radius 2 is 0.957 bits per heavy atom. The Hall–Kier alpha value is -0.370. The highest BCUT2D eigenvalue weighted by Gasteiger charge is 2.34. The van der Waals surface area contributed by atoms with Crippen LogP contribution in [0, 0.1) is 11.8 Å². The molecule has 2 nitrogen and oxygen atoms in total. The van der Waals surface area contributed by atoms with E-state index in [-0.39, 0.29) is 0 Å². The third-order valence-electron chi connectivity index (χ3n) is 6.62. The van der Waals surface area contributed by atoms with Crippen molar-refractivity contribution in [2.75, 3.05) is 0 Å². The SMILES string of the molecule is O=C1C2CCCCCCCC(C2)NC2CCCCCCCC1C2. The highest BCUT2D eigenvalue weighted by molar-refractivity contribution is 5.83. The number of Topliss-reactive ketones (excluding diaryl/α,β-unsaturated/α-hetero) is 1. The Morgan fingerprint density at radius 3 is 1.43 bits per heavy atom. The number of hydrogen-bond acceptors (Lipinski definition) is 2. The van der Waals surface area contributed by atoms with Crippen LogP contribution in [0.4, 0.5) is 0 Å². The van der Waals surface area contributed by atoms with Gasteiger partial charge in [-0.05, 0) is 38.5 Å². The summed E-state index contributed by atoms with van der Waals surface area (Å²) in [6, 6.07) is 1.21. The minimum Gasteiger partial charge on any atom is -0.311 e. The highest BCUT2D eigenvalue weighted by atomic mass is 16.1. The zero-order valence-corrected chi connectivity index (χ0v) is 15.0. The summed E-state index contributed by atoms with van der Waals surface area (Å²) in [4.78, 5) is 13.2. The van der Waals surface area contributed by atoms with Crippen LogP contribution in [0.2, 0.25) is 0 Å². The fourth-order valence-electron chi connectivity index (χ4n) is 5.27. The zero-order valence-electron chi connectivity index (χ0n) is 15.0. The number of ketones is 1. The zero-order chi connectivity index (χ0) is 15.9. The lowest BCUT2D eigenvalue weighted by Gasteiger charge is -2.36. The van der Waals surface area contributed by atoms with E-state index in [9.17, 15) is 4.79 Å². The van der Waals surface area contributed by atoms with Gasteiger partial charge >= 0.3 is 0 Å². The first kappa shape index (κ1) is 17.5. The van der Waals surface area contributed by atoms with Crippen molar-refractivity contribution in [1.82, 2.24) is 5.32 Å². The molecule has 4 unspecified atom stereocenters. The number of rotatable bonds is 0. The quantitative estimate of drug-likeness (QED) is 0.648. The maximum atomic E-state index is 13.2. The number of carbonyl (C=O) groups is 1. The molecular weight excluding hydrogens is 282 g/mol. The summed E-state index contributed by atoms with van der Waals surface area (Å²) in [5, 5.41) is 4.02. The van der Waals surface area contributed by atoms with Crippen LogP contribution in [-0.4, -0.2) is 17.9 Å². The Balaban J connectivity index is 1.74. The van der Waals surface area contributed by atoms with Crippen LogP contribution in [0.15, 0.2) is 0 Å². The largest absolute Gasteiger partial charge is 0.311 e. The van der Waals surface area contributed by atoms with Crippen molar-refractivity contribution in [2.45, 2.75) is 115 Å². The second kappa shape index (κ2) is 9.20. The number of fused-ring (bicyclic) bond motifs is 4. The fourth-order valence-corrected chi connectivity index (χ4v) is 5.27. The normalized spacial score (nSPS) is 38.2. The first-order chi connectivity index (χ1) is 11.3. The molecule has 4 atom stereocenters. The molecule has 0 amide bonds. The molecule has 0 aromatic carbocycles. The third kappa shape index (κ3) is 5.31. The van der Waals surface area contributed by atoms with Gasteiger partial charge in [-0.3, -0.25) is 4.79 Å². The number of nitrogens with one attached hydrogen (secondary N) is 1. The molecule has 0 radical (unpaired) electrons. The molecule has 4 bridgehead atoms. The van der Waals surface area contributed by atoms with E-state index in [0.717, 1.165) is 25.7 Å². The predicted octanol–water partition coefficient (Wildman–Crippen LogP) is 5.40. The van der Waals surface area contributed by atoms with E-state index in [1.54, 1.807) is 0 Å². The maximum absolute atomic E-state index is 13.2. The van der Waals surface area contributed by atoms with Crippen LogP contribution >= 0.6 is 0 Å². The van der Waals surface area contributed by atoms with Gasteiger partial charge in [0, 0.05) is 23.9 Å². The summed E-state index contributed by atoms with van der Waals surface area (Å²) >= 11 is 0. The Morgan fingerprint density at radius 1 is 0.565 bits per heavy atom. The van der Waals surface area contributed by atoms with Gasteiger partial charge in [-0.15, -0.1) is 0 Å². The van der Waals surface area contributed by atoms with E-state index in [2.05, 4.69) is 5.32 Å². The predicted molar refractivity (Wildman–Crippen MR) is 96.6 cm³/mol. The van der Waals surface area contributed by atoms with Gasteiger partial charge in [0.15, 0.2) is 0 Å². The average molecular weight is 320 g/mol. The van der Waals surface area contributed by atoms with E-state index in [1.807, 2.05) is 0 Å². The van der Waals surface area contributed by atoms with Crippen LogP contribution in [0.25, 0.3) is 0 Å². The van der Waals surface area contributed by atoms with Gasteiger partial charge in [-0.25, -0.2) is 0 Å². The molecule has 132 valence electrons. The lowest BCUT2D eigenvalue weighted by molar-refractivity contribution is -0.129. The van der Waals surface area contributed by atoms with E-state index in [0.29, 0.717) is 29.7 Å². The standard InChI is InChI=1S/C21H37NO/c23-21-17-11-7-3-1-5-9-13-19(15-17)22-20-14-10-6-2-4-8-12-18(21)16-20/h17-20,22H,1-16H2. The summed E-state index contributed by atoms with van der Waals surface area (Å²) in [5.74, 6) is 1.38. The molecule has 2 saturated carbocycles. The highest BCUT2D eigenvalue weighted by Crippen LogP contribution is 2.32. The topological polar surface area (TPSA) is 29.1 Å². The molecule has 1 aliphatic heterocycles. The molecule has 1 saturated heterocycles. The first-order valence-electron chi connectivity index (χ1n) is 10.6. The summed E-state index contributed by atoms with van der Waals surface area (Å²) in [7, 11) is 0. The van der Waals surface area contributed by atoms with E-state index in [4.69, 9.17) is 0 Å². The van der Waals surface area contributed by atoms with Crippen molar-refractivity contribution < 1.29 is 4.79 Å². The summed E-state index contributed by atoms with van der Waals surface area (Å²) < 4.78 is 0. The third-order valence-corrected chi connectivity index (χ3v) is 6.62. The summed E-state index contributed by atoms with van der Waals surface area (Å²) in [5.41, 5.74) is 0. The molecule has 1 N–H and O–H groups in total. The second-order valence-electron chi connectivity index (χ2n) is 8.52. The Kier molecular flexibility index (Phi) is 6.98. The van der Waals surface area contributed by atoms with Gasteiger partial charge in [0.1, 0.15) is 5.78 Å². The molecule has 3 fully saturated rings. The number of carbonyl (C=O) groups excluding carboxylic acids is 1. The molecule has 3 rings (SSSR count). The van der Waals surface area contributed by atoms with Gasteiger partial charge in [-0.2, -0.15) is 0 Å². The van der Waals surface area contributed by atoms with Crippen molar-refractivity contribution in [3.8, 4) is 0 Å². The molecule has 23 heavy (non-hydrogen) atoms. The molecule has 1 heterocycles. The smallest absolute Gasteiger partial charge is 0.139 e. The molecule has 2 aliphatic carbocycles. The fraction of sp³-hybridized carbons (Fsp3) is 0.952. The van der Waals surface area contributed by atoms with Crippen LogP contribution in [0.3, 0.4) is 0 Å². The molecule has 3 aliphatic rings.